The van der Waals surface area contributed by atoms with E-state index >= 15 is 0 Å². The summed E-state index contributed by atoms with van der Waals surface area (Å²) in [6, 6.07) is 7.29. The molecule has 1 N–H and O–H groups in total. The molecule has 0 atom stereocenters. The van der Waals surface area contributed by atoms with Gasteiger partial charge in [-0.25, -0.2) is 0 Å². The summed E-state index contributed by atoms with van der Waals surface area (Å²) in [5.74, 6) is -0.314. The maximum absolute atomic E-state index is 12.2. The number of amides is 2. The Kier molecular flexibility index (Phi) is 5.03. The Hall–Kier alpha value is -2.08. The maximum atomic E-state index is 12.2. The molecule has 0 aliphatic carbocycles. The Labute approximate surface area is 137 Å². The number of carbonyl (C=O) groups is 2. The van der Waals surface area contributed by atoms with Crippen LogP contribution >= 0.6 is 15.9 Å². The van der Waals surface area contributed by atoms with Crippen molar-refractivity contribution in [2.75, 3.05) is 18.9 Å². The number of anilines is 1. The molecule has 0 saturated heterocycles. The fraction of sp³-hybridized carbons (Fsp3) is 0.250. The number of hydrogen-bond acceptors (Lipinski definition) is 3. The van der Waals surface area contributed by atoms with Gasteiger partial charge in [0.15, 0.2) is 5.76 Å². The molecule has 2 amide bonds. The van der Waals surface area contributed by atoms with Gasteiger partial charge in [-0.2, -0.15) is 0 Å². The van der Waals surface area contributed by atoms with Crippen LogP contribution in [0.15, 0.2) is 39.4 Å². The van der Waals surface area contributed by atoms with Gasteiger partial charge >= 0.3 is 0 Å². The summed E-state index contributed by atoms with van der Waals surface area (Å²) in [4.78, 5) is 25.6. The van der Waals surface area contributed by atoms with Crippen molar-refractivity contribution in [3.63, 3.8) is 0 Å². The van der Waals surface area contributed by atoms with Crippen molar-refractivity contribution >= 4 is 33.4 Å². The standard InChI is InChI=1S/C16H17BrN2O3/c1-10-6-7-22-15(10)16(21)19(3)9-14(20)18-13-5-4-12(17)8-11(13)2/h4-8H,9H2,1-3H3,(H,18,20). The summed E-state index contributed by atoms with van der Waals surface area (Å²) < 4.78 is 6.10. The normalized spacial score (nSPS) is 10.4. The van der Waals surface area contributed by atoms with E-state index in [-0.39, 0.29) is 24.1 Å². The van der Waals surface area contributed by atoms with E-state index in [4.69, 9.17) is 4.42 Å². The third-order valence-electron chi connectivity index (χ3n) is 3.25. The first-order valence-corrected chi connectivity index (χ1v) is 7.53. The first-order valence-electron chi connectivity index (χ1n) is 6.74. The SMILES string of the molecule is Cc1cc(Br)ccc1NC(=O)CN(C)C(=O)c1occc1C. The Morgan fingerprint density at radius 2 is 1.95 bits per heavy atom. The Balaban J connectivity index is 1.99. The molecule has 1 aromatic heterocycles. The number of aryl methyl sites for hydroxylation is 2. The molecule has 0 aliphatic rings. The lowest BCUT2D eigenvalue weighted by atomic mass is 10.2. The molecule has 0 fully saturated rings. The summed E-state index contributed by atoms with van der Waals surface area (Å²) in [5, 5.41) is 2.80. The van der Waals surface area contributed by atoms with Crippen LogP contribution in [0.5, 0.6) is 0 Å². The summed E-state index contributed by atoms with van der Waals surface area (Å²) in [5.41, 5.74) is 2.42. The quantitative estimate of drug-likeness (QED) is 0.904. The molecule has 116 valence electrons. The van der Waals surface area contributed by atoms with Gasteiger partial charge in [-0.05, 0) is 43.7 Å². The summed E-state index contributed by atoms with van der Waals surface area (Å²) in [7, 11) is 1.57. The van der Waals surface area contributed by atoms with Crippen molar-refractivity contribution in [3.8, 4) is 0 Å². The number of nitrogens with one attached hydrogen (secondary N) is 1. The molecule has 0 spiro atoms. The third-order valence-corrected chi connectivity index (χ3v) is 3.74. The molecule has 0 radical (unpaired) electrons. The van der Waals surface area contributed by atoms with Gasteiger partial charge in [-0.3, -0.25) is 9.59 Å². The number of likely N-dealkylation sites (N-methyl/N-ethyl adjacent to an activating group) is 1. The van der Waals surface area contributed by atoms with Crippen molar-refractivity contribution in [3.05, 3.63) is 51.9 Å². The number of furan rings is 1. The zero-order chi connectivity index (χ0) is 16.3. The molecule has 0 saturated carbocycles. The van der Waals surface area contributed by atoms with Gasteiger partial charge in [0.05, 0.1) is 12.8 Å². The highest BCUT2D eigenvalue weighted by Gasteiger charge is 2.19. The van der Waals surface area contributed by atoms with E-state index in [9.17, 15) is 9.59 Å². The number of nitrogens with zero attached hydrogens (tertiary/aromatic N) is 1. The van der Waals surface area contributed by atoms with Crippen LogP contribution in [0.1, 0.15) is 21.7 Å². The highest BCUT2D eigenvalue weighted by molar-refractivity contribution is 9.10. The molecule has 2 aromatic rings. The van der Waals surface area contributed by atoms with E-state index < -0.39 is 0 Å². The van der Waals surface area contributed by atoms with Crippen LogP contribution in [-0.2, 0) is 4.79 Å². The zero-order valence-electron chi connectivity index (χ0n) is 12.6. The largest absolute Gasteiger partial charge is 0.459 e. The highest BCUT2D eigenvalue weighted by Crippen LogP contribution is 2.20. The number of hydrogen-bond donors (Lipinski definition) is 1. The van der Waals surface area contributed by atoms with E-state index in [0.717, 1.165) is 21.3 Å². The van der Waals surface area contributed by atoms with E-state index in [1.54, 1.807) is 20.0 Å². The third kappa shape index (κ3) is 3.76. The average molecular weight is 365 g/mol. The van der Waals surface area contributed by atoms with Gasteiger partial charge in [0.25, 0.3) is 5.91 Å². The fourth-order valence-corrected chi connectivity index (χ4v) is 2.49. The molecule has 5 nitrogen and oxygen atoms in total. The second-order valence-corrected chi connectivity index (χ2v) is 6.02. The van der Waals surface area contributed by atoms with Crippen LogP contribution in [0.25, 0.3) is 0 Å². The lowest BCUT2D eigenvalue weighted by Gasteiger charge is -2.16. The number of benzene rings is 1. The molecular formula is C16H17BrN2O3. The summed E-state index contributed by atoms with van der Waals surface area (Å²) in [6.45, 7) is 3.64. The van der Waals surface area contributed by atoms with Gasteiger partial charge in [-0.15, -0.1) is 0 Å². The fourth-order valence-electron chi connectivity index (χ4n) is 2.01. The average Bonchev–Trinajstić information content (AvgIpc) is 2.87. The number of rotatable bonds is 4. The van der Waals surface area contributed by atoms with E-state index in [0.29, 0.717) is 0 Å². The first-order chi connectivity index (χ1) is 10.4. The van der Waals surface area contributed by atoms with Crippen LogP contribution in [-0.4, -0.2) is 30.3 Å². The minimum absolute atomic E-state index is 0.0471. The molecule has 0 bridgehead atoms. The summed E-state index contributed by atoms with van der Waals surface area (Å²) >= 11 is 3.37. The predicted octanol–water partition coefficient (Wildman–Crippen LogP) is 3.37. The second kappa shape index (κ2) is 6.79. The zero-order valence-corrected chi connectivity index (χ0v) is 14.2. The Bertz CT molecular complexity index is 709. The minimum Gasteiger partial charge on any atom is -0.459 e. The van der Waals surface area contributed by atoms with Crippen LogP contribution < -0.4 is 5.32 Å². The lowest BCUT2D eigenvalue weighted by molar-refractivity contribution is -0.116. The minimum atomic E-state index is -0.315. The molecule has 1 aromatic carbocycles. The van der Waals surface area contributed by atoms with E-state index in [1.165, 1.54) is 11.2 Å². The molecule has 6 heteroatoms. The summed E-state index contributed by atoms with van der Waals surface area (Å²) in [6.07, 6.45) is 1.46. The van der Waals surface area contributed by atoms with Crippen molar-refractivity contribution in [2.45, 2.75) is 13.8 Å². The first kappa shape index (κ1) is 16.3. The van der Waals surface area contributed by atoms with Crippen LogP contribution in [0.4, 0.5) is 5.69 Å². The van der Waals surface area contributed by atoms with Gasteiger partial charge in [0.2, 0.25) is 5.91 Å². The van der Waals surface area contributed by atoms with Crippen molar-refractivity contribution in [2.24, 2.45) is 0 Å². The number of halogens is 1. The molecule has 0 unspecified atom stereocenters. The predicted molar refractivity (Wildman–Crippen MR) is 87.9 cm³/mol. The van der Waals surface area contributed by atoms with Gasteiger partial charge in [0.1, 0.15) is 0 Å². The molecule has 0 aliphatic heterocycles. The van der Waals surface area contributed by atoms with E-state index in [1.807, 2.05) is 25.1 Å². The van der Waals surface area contributed by atoms with Crippen molar-refractivity contribution in [1.82, 2.24) is 4.90 Å². The van der Waals surface area contributed by atoms with Gasteiger partial charge in [0, 0.05) is 22.8 Å². The maximum Gasteiger partial charge on any atom is 0.290 e. The van der Waals surface area contributed by atoms with Crippen molar-refractivity contribution in [1.29, 1.82) is 0 Å². The Morgan fingerprint density at radius 3 is 2.55 bits per heavy atom. The van der Waals surface area contributed by atoms with Crippen molar-refractivity contribution < 1.29 is 14.0 Å². The monoisotopic (exact) mass is 364 g/mol. The smallest absolute Gasteiger partial charge is 0.290 e. The van der Waals surface area contributed by atoms with Gasteiger partial charge in [-0.1, -0.05) is 15.9 Å². The van der Waals surface area contributed by atoms with Crippen LogP contribution in [0.3, 0.4) is 0 Å². The van der Waals surface area contributed by atoms with Crippen LogP contribution in [0.2, 0.25) is 0 Å². The molecule has 22 heavy (non-hydrogen) atoms. The molecular weight excluding hydrogens is 348 g/mol. The molecule has 2 rings (SSSR count). The van der Waals surface area contributed by atoms with Crippen LogP contribution in [0, 0.1) is 13.8 Å². The highest BCUT2D eigenvalue weighted by atomic mass is 79.9. The molecule has 1 heterocycles. The number of carbonyl (C=O) groups excluding carboxylic acids is 2. The van der Waals surface area contributed by atoms with Gasteiger partial charge < -0.3 is 14.6 Å². The second-order valence-electron chi connectivity index (χ2n) is 5.10. The topological polar surface area (TPSA) is 62.6 Å². The van der Waals surface area contributed by atoms with E-state index in [2.05, 4.69) is 21.2 Å². The lowest BCUT2D eigenvalue weighted by Crippen LogP contribution is -2.35. The Morgan fingerprint density at radius 1 is 1.23 bits per heavy atom.